The summed E-state index contributed by atoms with van der Waals surface area (Å²) in [4.78, 5) is 15.4. The van der Waals surface area contributed by atoms with Crippen LogP contribution in [0.4, 0.5) is 26.4 Å². The summed E-state index contributed by atoms with van der Waals surface area (Å²) in [6.45, 7) is 1.85. The first-order valence-electron chi connectivity index (χ1n) is 6.42. The largest absolute Gasteiger partial charge is 0.452 e. The van der Waals surface area contributed by atoms with E-state index in [1.165, 1.54) is 24.4 Å². The van der Waals surface area contributed by atoms with Gasteiger partial charge in [-0.15, -0.1) is 0 Å². The van der Waals surface area contributed by atoms with Crippen molar-refractivity contribution in [3.63, 3.8) is 0 Å². The van der Waals surface area contributed by atoms with E-state index < -0.39 is 11.9 Å². The second kappa shape index (κ2) is 6.61. The Bertz CT molecular complexity index is 694. The normalized spacial score (nSPS) is 10.1. The quantitative estimate of drug-likeness (QED) is 0.749. The monoisotopic (exact) mass is 306 g/mol. The SMILES string of the molecule is CCOC(=O)Nc1c(Oc2ccc(N)cc2F)ccnc1N. The standard InChI is InChI=1S/C14H15FN4O3/c1-2-21-14(20)19-12-11(5-6-18-13(12)17)22-10-4-3-8(16)7-9(10)15/h3-7H,2,16H2,1H3,(H2,17,18)(H,19,20). The number of pyridine rings is 1. The molecule has 0 bridgehead atoms. The van der Waals surface area contributed by atoms with E-state index in [1.54, 1.807) is 6.92 Å². The second-order valence-corrected chi connectivity index (χ2v) is 4.21. The van der Waals surface area contributed by atoms with Crippen LogP contribution in [0.25, 0.3) is 0 Å². The maximum atomic E-state index is 13.8. The molecule has 8 heteroatoms. The third kappa shape index (κ3) is 3.54. The van der Waals surface area contributed by atoms with Gasteiger partial charge in [-0.05, 0) is 19.1 Å². The predicted molar refractivity (Wildman–Crippen MR) is 80.2 cm³/mol. The number of nitrogens with zero attached hydrogens (tertiary/aromatic N) is 1. The Labute approximate surface area is 126 Å². The van der Waals surface area contributed by atoms with Crippen LogP contribution in [0.1, 0.15) is 6.92 Å². The van der Waals surface area contributed by atoms with Crippen molar-refractivity contribution in [3.8, 4) is 11.5 Å². The van der Waals surface area contributed by atoms with E-state index in [9.17, 15) is 9.18 Å². The summed E-state index contributed by atoms with van der Waals surface area (Å²) >= 11 is 0. The third-order valence-corrected chi connectivity index (χ3v) is 2.62. The van der Waals surface area contributed by atoms with Crippen LogP contribution in [0, 0.1) is 5.82 Å². The van der Waals surface area contributed by atoms with E-state index in [0.29, 0.717) is 0 Å². The summed E-state index contributed by atoms with van der Waals surface area (Å²) in [7, 11) is 0. The molecule has 1 amide bonds. The van der Waals surface area contributed by atoms with E-state index >= 15 is 0 Å². The number of ether oxygens (including phenoxy) is 2. The van der Waals surface area contributed by atoms with Crippen molar-refractivity contribution in [1.29, 1.82) is 0 Å². The van der Waals surface area contributed by atoms with Crippen LogP contribution < -0.4 is 21.5 Å². The predicted octanol–water partition coefficient (Wildman–Crippen LogP) is 2.75. The Morgan fingerprint density at radius 2 is 2.09 bits per heavy atom. The van der Waals surface area contributed by atoms with Gasteiger partial charge in [0.1, 0.15) is 5.69 Å². The van der Waals surface area contributed by atoms with Crippen molar-refractivity contribution < 1.29 is 18.7 Å². The summed E-state index contributed by atoms with van der Waals surface area (Å²) in [6, 6.07) is 5.42. The first-order valence-corrected chi connectivity index (χ1v) is 6.42. The van der Waals surface area contributed by atoms with E-state index in [1.807, 2.05) is 0 Å². The minimum Gasteiger partial charge on any atom is -0.452 e. The minimum absolute atomic E-state index is 0.0152. The lowest BCUT2D eigenvalue weighted by Gasteiger charge is -2.14. The molecule has 5 N–H and O–H groups in total. The van der Waals surface area contributed by atoms with Gasteiger partial charge >= 0.3 is 6.09 Å². The van der Waals surface area contributed by atoms with Crippen LogP contribution in [0.3, 0.4) is 0 Å². The van der Waals surface area contributed by atoms with Gasteiger partial charge in [0.05, 0.1) is 6.61 Å². The molecule has 0 aliphatic carbocycles. The van der Waals surface area contributed by atoms with Gasteiger partial charge < -0.3 is 20.9 Å². The average molecular weight is 306 g/mol. The van der Waals surface area contributed by atoms with Gasteiger partial charge in [-0.3, -0.25) is 5.32 Å². The fraction of sp³-hybridized carbons (Fsp3) is 0.143. The van der Waals surface area contributed by atoms with Crippen LogP contribution in [0.2, 0.25) is 0 Å². The van der Waals surface area contributed by atoms with E-state index in [2.05, 4.69) is 10.3 Å². The van der Waals surface area contributed by atoms with E-state index in [4.69, 9.17) is 20.9 Å². The highest BCUT2D eigenvalue weighted by Gasteiger charge is 2.15. The molecule has 0 atom stereocenters. The number of anilines is 3. The summed E-state index contributed by atoms with van der Waals surface area (Å²) in [6.07, 6.45) is 0.653. The van der Waals surface area contributed by atoms with Crippen LogP contribution in [-0.4, -0.2) is 17.7 Å². The first-order chi connectivity index (χ1) is 10.5. The van der Waals surface area contributed by atoms with Crippen molar-refractivity contribution in [2.45, 2.75) is 6.92 Å². The molecule has 0 unspecified atom stereocenters. The summed E-state index contributed by atoms with van der Waals surface area (Å²) in [5, 5.41) is 2.41. The van der Waals surface area contributed by atoms with Crippen molar-refractivity contribution >= 4 is 23.3 Å². The Morgan fingerprint density at radius 1 is 1.32 bits per heavy atom. The molecule has 7 nitrogen and oxygen atoms in total. The molecule has 0 aliphatic heterocycles. The second-order valence-electron chi connectivity index (χ2n) is 4.21. The number of nitrogens with one attached hydrogen (secondary N) is 1. The lowest BCUT2D eigenvalue weighted by molar-refractivity contribution is 0.168. The number of halogens is 1. The highest BCUT2D eigenvalue weighted by Crippen LogP contribution is 2.34. The fourth-order valence-electron chi connectivity index (χ4n) is 1.66. The highest BCUT2D eigenvalue weighted by atomic mass is 19.1. The number of amides is 1. The topological polar surface area (TPSA) is 112 Å². The van der Waals surface area contributed by atoms with Crippen molar-refractivity contribution in [3.05, 3.63) is 36.3 Å². The van der Waals surface area contributed by atoms with Gasteiger partial charge in [0, 0.05) is 24.0 Å². The molecule has 0 saturated carbocycles. The molecule has 116 valence electrons. The van der Waals surface area contributed by atoms with Crippen LogP contribution in [0.15, 0.2) is 30.5 Å². The molecule has 1 aromatic carbocycles. The van der Waals surface area contributed by atoms with E-state index in [-0.39, 0.29) is 35.3 Å². The molecule has 22 heavy (non-hydrogen) atoms. The lowest BCUT2D eigenvalue weighted by atomic mass is 10.3. The average Bonchev–Trinajstić information content (AvgIpc) is 2.46. The molecule has 1 aromatic heterocycles. The molecular weight excluding hydrogens is 291 g/mol. The number of nitrogens with two attached hydrogens (primary N) is 2. The number of carbonyl (C=O) groups is 1. The molecule has 2 rings (SSSR count). The molecule has 2 aromatic rings. The molecule has 0 aliphatic rings. The number of aromatic nitrogens is 1. The highest BCUT2D eigenvalue weighted by molar-refractivity contribution is 5.90. The van der Waals surface area contributed by atoms with Crippen LogP contribution in [0.5, 0.6) is 11.5 Å². The Morgan fingerprint density at radius 3 is 2.77 bits per heavy atom. The summed E-state index contributed by atoms with van der Waals surface area (Å²) in [5.41, 5.74) is 11.5. The minimum atomic E-state index is -0.718. The Balaban J connectivity index is 2.30. The Hall–Kier alpha value is -3.03. The number of carbonyl (C=O) groups excluding carboxylic acids is 1. The van der Waals surface area contributed by atoms with Crippen molar-refractivity contribution in [1.82, 2.24) is 4.98 Å². The van der Waals surface area contributed by atoms with Crippen molar-refractivity contribution in [2.75, 3.05) is 23.4 Å². The molecule has 0 saturated heterocycles. The number of benzene rings is 1. The van der Waals surface area contributed by atoms with Crippen LogP contribution in [-0.2, 0) is 4.74 Å². The Kier molecular flexibility index (Phi) is 4.62. The van der Waals surface area contributed by atoms with Gasteiger partial charge in [-0.1, -0.05) is 0 Å². The zero-order valence-corrected chi connectivity index (χ0v) is 11.8. The van der Waals surface area contributed by atoms with Gasteiger partial charge in [0.2, 0.25) is 0 Å². The number of rotatable bonds is 4. The molecule has 0 fully saturated rings. The maximum Gasteiger partial charge on any atom is 0.411 e. The third-order valence-electron chi connectivity index (χ3n) is 2.62. The summed E-state index contributed by atoms with van der Waals surface area (Å²) < 4.78 is 24.0. The molecular formula is C14H15FN4O3. The van der Waals surface area contributed by atoms with Crippen LogP contribution >= 0.6 is 0 Å². The number of nitrogen functional groups attached to an aromatic ring is 2. The zero-order valence-electron chi connectivity index (χ0n) is 11.8. The fourth-order valence-corrected chi connectivity index (χ4v) is 1.66. The summed E-state index contributed by atoms with van der Waals surface area (Å²) in [5.74, 6) is -0.560. The molecule has 1 heterocycles. The number of hydrogen-bond acceptors (Lipinski definition) is 6. The van der Waals surface area contributed by atoms with E-state index in [0.717, 1.165) is 6.07 Å². The zero-order chi connectivity index (χ0) is 16.1. The number of hydrogen-bond donors (Lipinski definition) is 3. The smallest absolute Gasteiger partial charge is 0.411 e. The first kappa shape index (κ1) is 15.4. The lowest BCUT2D eigenvalue weighted by Crippen LogP contribution is -2.15. The van der Waals surface area contributed by atoms with Gasteiger partial charge in [-0.25, -0.2) is 14.2 Å². The van der Waals surface area contributed by atoms with Gasteiger partial charge in [-0.2, -0.15) is 0 Å². The molecule has 0 radical (unpaired) electrons. The maximum absolute atomic E-state index is 13.8. The van der Waals surface area contributed by atoms with Crippen molar-refractivity contribution in [2.24, 2.45) is 0 Å². The van der Waals surface area contributed by atoms with Gasteiger partial charge in [0.15, 0.2) is 23.1 Å². The molecule has 0 spiro atoms. The van der Waals surface area contributed by atoms with Gasteiger partial charge in [0.25, 0.3) is 0 Å².